The number of hydrogen-bond acceptors (Lipinski definition) is 3. The Morgan fingerprint density at radius 3 is 2.31 bits per heavy atom. The molecule has 2 aromatic rings. The van der Waals surface area contributed by atoms with E-state index in [2.05, 4.69) is 26.1 Å². The number of amides is 2. The minimum atomic E-state index is -0.597. The maximum Gasteiger partial charge on any atom is 0.261 e. The van der Waals surface area contributed by atoms with Crippen LogP contribution in [0, 0.1) is 6.92 Å². The average molecular weight is 397 g/mol. The Hall–Kier alpha value is -2.82. The lowest BCUT2D eigenvalue weighted by molar-refractivity contribution is -0.142. The van der Waals surface area contributed by atoms with Crippen LogP contribution < -0.4 is 10.1 Å². The number of rotatable bonds is 7. The lowest BCUT2D eigenvalue weighted by Gasteiger charge is -2.28. The lowest BCUT2D eigenvalue weighted by Crippen LogP contribution is -2.48. The lowest BCUT2D eigenvalue weighted by atomic mass is 9.87. The van der Waals surface area contributed by atoms with Gasteiger partial charge < -0.3 is 15.0 Å². The van der Waals surface area contributed by atoms with E-state index in [4.69, 9.17) is 4.74 Å². The molecular formula is C24H32N2O3. The molecule has 0 saturated heterocycles. The van der Waals surface area contributed by atoms with E-state index in [9.17, 15) is 9.59 Å². The second-order valence-corrected chi connectivity index (χ2v) is 8.36. The number of hydrogen-bond donors (Lipinski definition) is 1. The summed E-state index contributed by atoms with van der Waals surface area (Å²) in [4.78, 5) is 26.6. The number of likely N-dealkylation sites (N-methyl/N-ethyl adjacent to an activating group) is 1. The van der Waals surface area contributed by atoms with Gasteiger partial charge in [0.1, 0.15) is 11.8 Å². The van der Waals surface area contributed by atoms with Crippen LogP contribution in [0.5, 0.6) is 5.75 Å². The number of carbonyl (C=O) groups excluding carboxylic acids is 2. The van der Waals surface area contributed by atoms with E-state index < -0.39 is 6.04 Å². The Balaban J connectivity index is 2.11. The monoisotopic (exact) mass is 396 g/mol. The molecule has 0 spiro atoms. The van der Waals surface area contributed by atoms with Gasteiger partial charge in [0.2, 0.25) is 5.91 Å². The summed E-state index contributed by atoms with van der Waals surface area (Å²) in [5.41, 5.74) is 3.34. The topological polar surface area (TPSA) is 58.6 Å². The van der Waals surface area contributed by atoms with E-state index in [1.54, 1.807) is 18.9 Å². The number of carbonyl (C=O) groups is 2. The van der Waals surface area contributed by atoms with Gasteiger partial charge in [-0.1, -0.05) is 62.7 Å². The summed E-state index contributed by atoms with van der Waals surface area (Å²) in [5, 5.41) is 2.62. The number of ether oxygens (including phenoxy) is 1. The smallest absolute Gasteiger partial charge is 0.261 e. The largest absolute Gasteiger partial charge is 0.484 e. The predicted octanol–water partition coefficient (Wildman–Crippen LogP) is 3.83. The van der Waals surface area contributed by atoms with Crippen molar-refractivity contribution in [1.82, 2.24) is 10.2 Å². The standard InChI is InChI=1S/C24H32N2O3/c1-17-8-7-9-19(14-17)15-26(18(2)23(28)25-6)22(27)16-29-21-12-10-20(11-13-21)24(3,4)5/h7-14,18H,15-16H2,1-6H3,(H,25,28)/t18-/m1/s1. The zero-order valence-corrected chi connectivity index (χ0v) is 18.3. The summed E-state index contributed by atoms with van der Waals surface area (Å²) >= 11 is 0. The molecule has 0 bridgehead atoms. The second-order valence-electron chi connectivity index (χ2n) is 8.36. The third kappa shape index (κ3) is 6.34. The van der Waals surface area contributed by atoms with Crippen LogP contribution in [0.25, 0.3) is 0 Å². The number of nitrogens with one attached hydrogen (secondary N) is 1. The molecule has 0 heterocycles. The van der Waals surface area contributed by atoms with Gasteiger partial charge in [-0.25, -0.2) is 0 Å². The Bertz CT molecular complexity index is 838. The highest BCUT2D eigenvalue weighted by Crippen LogP contribution is 2.24. The fourth-order valence-electron chi connectivity index (χ4n) is 3.08. The first-order valence-electron chi connectivity index (χ1n) is 9.91. The normalized spacial score (nSPS) is 12.2. The Labute approximate surface area is 174 Å². The number of nitrogens with zero attached hydrogens (tertiary/aromatic N) is 1. The Morgan fingerprint density at radius 1 is 1.10 bits per heavy atom. The van der Waals surface area contributed by atoms with E-state index >= 15 is 0 Å². The molecule has 2 rings (SSSR count). The van der Waals surface area contributed by atoms with Gasteiger partial charge in [0, 0.05) is 13.6 Å². The predicted molar refractivity (Wildman–Crippen MR) is 116 cm³/mol. The summed E-state index contributed by atoms with van der Waals surface area (Å²) in [6.07, 6.45) is 0. The average Bonchev–Trinajstić information content (AvgIpc) is 2.68. The van der Waals surface area contributed by atoms with Gasteiger partial charge in [-0.05, 0) is 42.5 Å². The molecule has 5 heteroatoms. The molecule has 0 aliphatic rings. The molecule has 1 atom stereocenters. The van der Waals surface area contributed by atoms with Crippen LogP contribution in [0.1, 0.15) is 44.4 Å². The SMILES string of the molecule is CNC(=O)[C@@H](C)N(Cc1cccc(C)c1)C(=O)COc1ccc(C(C)(C)C)cc1. The molecule has 0 saturated carbocycles. The molecule has 2 amide bonds. The first kappa shape index (κ1) is 22.5. The third-order valence-corrected chi connectivity index (χ3v) is 4.93. The van der Waals surface area contributed by atoms with Crippen LogP contribution in [0.3, 0.4) is 0 Å². The molecule has 0 aromatic heterocycles. The molecule has 1 N–H and O–H groups in total. The third-order valence-electron chi connectivity index (χ3n) is 4.93. The second kappa shape index (κ2) is 9.59. The fourth-order valence-corrected chi connectivity index (χ4v) is 3.08. The minimum Gasteiger partial charge on any atom is -0.484 e. The van der Waals surface area contributed by atoms with E-state index in [0.29, 0.717) is 12.3 Å². The molecule has 0 fully saturated rings. The minimum absolute atomic E-state index is 0.0574. The van der Waals surface area contributed by atoms with Crippen molar-refractivity contribution in [1.29, 1.82) is 0 Å². The molecule has 156 valence electrons. The van der Waals surface area contributed by atoms with Crippen LogP contribution in [-0.2, 0) is 21.5 Å². The van der Waals surface area contributed by atoms with Crippen molar-refractivity contribution in [3.05, 3.63) is 65.2 Å². The zero-order valence-electron chi connectivity index (χ0n) is 18.3. The summed E-state index contributed by atoms with van der Waals surface area (Å²) < 4.78 is 5.72. The van der Waals surface area contributed by atoms with Crippen molar-refractivity contribution in [2.75, 3.05) is 13.7 Å². The van der Waals surface area contributed by atoms with Gasteiger partial charge in [-0.2, -0.15) is 0 Å². The van der Waals surface area contributed by atoms with Crippen molar-refractivity contribution < 1.29 is 14.3 Å². The van der Waals surface area contributed by atoms with Crippen LogP contribution in [0.4, 0.5) is 0 Å². The van der Waals surface area contributed by atoms with Crippen molar-refractivity contribution in [3.8, 4) is 5.75 Å². The summed E-state index contributed by atoms with van der Waals surface area (Å²) in [7, 11) is 1.57. The highest BCUT2D eigenvalue weighted by molar-refractivity contribution is 5.87. The number of aryl methyl sites for hydroxylation is 1. The molecule has 29 heavy (non-hydrogen) atoms. The van der Waals surface area contributed by atoms with Crippen molar-refractivity contribution >= 4 is 11.8 Å². The Kier molecular flexibility index (Phi) is 7.43. The number of benzene rings is 2. The van der Waals surface area contributed by atoms with Crippen LogP contribution >= 0.6 is 0 Å². The Morgan fingerprint density at radius 2 is 1.76 bits per heavy atom. The summed E-state index contributed by atoms with van der Waals surface area (Å²) in [6, 6.07) is 15.1. The van der Waals surface area contributed by atoms with Crippen molar-refractivity contribution in [2.45, 2.75) is 52.6 Å². The summed E-state index contributed by atoms with van der Waals surface area (Å²) in [6.45, 7) is 10.4. The first-order chi connectivity index (χ1) is 13.6. The molecule has 5 nitrogen and oxygen atoms in total. The van der Waals surface area contributed by atoms with E-state index in [1.165, 1.54) is 5.56 Å². The molecule has 0 aliphatic carbocycles. The van der Waals surface area contributed by atoms with Crippen molar-refractivity contribution in [2.24, 2.45) is 0 Å². The quantitative estimate of drug-likeness (QED) is 0.774. The van der Waals surface area contributed by atoms with E-state index in [-0.39, 0.29) is 23.8 Å². The van der Waals surface area contributed by atoms with Gasteiger partial charge in [-0.3, -0.25) is 9.59 Å². The highest BCUT2D eigenvalue weighted by Gasteiger charge is 2.26. The fraction of sp³-hybridized carbons (Fsp3) is 0.417. The maximum atomic E-state index is 12.9. The molecule has 0 radical (unpaired) electrons. The van der Waals surface area contributed by atoms with Gasteiger partial charge in [0.25, 0.3) is 5.91 Å². The maximum absolute atomic E-state index is 12.9. The van der Waals surface area contributed by atoms with Gasteiger partial charge >= 0.3 is 0 Å². The molecular weight excluding hydrogens is 364 g/mol. The van der Waals surface area contributed by atoms with E-state index in [1.807, 2.05) is 55.5 Å². The van der Waals surface area contributed by atoms with Gasteiger partial charge in [0.05, 0.1) is 0 Å². The van der Waals surface area contributed by atoms with Crippen LogP contribution in [0.15, 0.2) is 48.5 Å². The van der Waals surface area contributed by atoms with E-state index in [0.717, 1.165) is 11.1 Å². The van der Waals surface area contributed by atoms with Gasteiger partial charge in [0.15, 0.2) is 6.61 Å². The highest BCUT2D eigenvalue weighted by atomic mass is 16.5. The first-order valence-corrected chi connectivity index (χ1v) is 9.91. The molecule has 0 unspecified atom stereocenters. The summed E-state index contributed by atoms with van der Waals surface area (Å²) in [5.74, 6) is 0.192. The van der Waals surface area contributed by atoms with Crippen LogP contribution in [-0.4, -0.2) is 36.4 Å². The molecule has 2 aromatic carbocycles. The molecule has 0 aliphatic heterocycles. The van der Waals surface area contributed by atoms with Crippen molar-refractivity contribution in [3.63, 3.8) is 0 Å². The van der Waals surface area contributed by atoms with Crippen LogP contribution in [0.2, 0.25) is 0 Å². The van der Waals surface area contributed by atoms with Gasteiger partial charge in [-0.15, -0.1) is 0 Å². The zero-order chi connectivity index (χ0) is 21.6.